The van der Waals surface area contributed by atoms with Crippen LogP contribution in [0.1, 0.15) is 23.2 Å². The number of aromatic nitrogens is 1. The van der Waals surface area contributed by atoms with Gasteiger partial charge in [-0.15, -0.1) is 12.4 Å². The van der Waals surface area contributed by atoms with E-state index in [1.807, 2.05) is 0 Å². The molecule has 0 spiro atoms. The highest BCUT2D eigenvalue weighted by molar-refractivity contribution is 5.93. The van der Waals surface area contributed by atoms with E-state index in [4.69, 9.17) is 21.8 Å². The highest BCUT2D eigenvalue weighted by Crippen LogP contribution is 2.17. The van der Waals surface area contributed by atoms with Crippen LogP contribution in [0.15, 0.2) is 18.3 Å². The van der Waals surface area contributed by atoms with Gasteiger partial charge in [-0.25, -0.2) is 4.98 Å². The molecule has 1 aliphatic heterocycles. The topological polar surface area (TPSA) is 129 Å². The van der Waals surface area contributed by atoms with Crippen molar-refractivity contribution in [3.63, 3.8) is 0 Å². The van der Waals surface area contributed by atoms with E-state index in [9.17, 15) is 4.79 Å². The summed E-state index contributed by atoms with van der Waals surface area (Å²) in [6, 6.07) is 3.65. The van der Waals surface area contributed by atoms with Gasteiger partial charge in [-0.05, 0) is 25.0 Å². The van der Waals surface area contributed by atoms with E-state index in [-0.39, 0.29) is 18.4 Å². The molecular formula is C12H18ClN5O2. The van der Waals surface area contributed by atoms with Crippen molar-refractivity contribution in [2.24, 2.45) is 11.5 Å². The first-order valence-electron chi connectivity index (χ1n) is 5.88. The number of rotatable bonds is 2. The number of nitrogens with two attached hydrogens (primary N) is 2. The number of pyridine rings is 1. The van der Waals surface area contributed by atoms with E-state index < -0.39 is 5.91 Å². The van der Waals surface area contributed by atoms with Gasteiger partial charge in [0.15, 0.2) is 0 Å². The van der Waals surface area contributed by atoms with Gasteiger partial charge >= 0.3 is 0 Å². The van der Waals surface area contributed by atoms with Crippen molar-refractivity contribution >= 4 is 24.1 Å². The van der Waals surface area contributed by atoms with Crippen LogP contribution >= 0.6 is 12.4 Å². The zero-order valence-electron chi connectivity index (χ0n) is 10.9. The number of nitriles is 1. The van der Waals surface area contributed by atoms with E-state index in [1.54, 1.807) is 18.3 Å². The predicted molar refractivity (Wildman–Crippen MR) is 77.0 cm³/mol. The third-order valence-electron chi connectivity index (χ3n) is 2.89. The van der Waals surface area contributed by atoms with Gasteiger partial charge in [-0.1, -0.05) is 0 Å². The first kappa shape index (κ1) is 18.0. The summed E-state index contributed by atoms with van der Waals surface area (Å²) in [4.78, 5) is 17.4. The maximum atomic E-state index is 11.0. The highest BCUT2D eigenvalue weighted by atomic mass is 35.5. The van der Waals surface area contributed by atoms with Gasteiger partial charge in [0.25, 0.3) is 6.26 Å². The van der Waals surface area contributed by atoms with Crippen LogP contribution in [-0.2, 0) is 0 Å². The fourth-order valence-electron chi connectivity index (χ4n) is 1.87. The van der Waals surface area contributed by atoms with Crippen LogP contribution in [0.25, 0.3) is 0 Å². The molecule has 0 unspecified atom stereocenters. The normalized spacial score (nSPS) is 14.3. The maximum absolute atomic E-state index is 11.0. The van der Waals surface area contributed by atoms with Gasteiger partial charge in [-0.2, -0.15) is 5.26 Å². The summed E-state index contributed by atoms with van der Waals surface area (Å²) in [6.07, 6.45) is 4.29. The van der Waals surface area contributed by atoms with Gasteiger partial charge in [0.1, 0.15) is 5.82 Å². The number of carbonyl (C=O) groups excluding carboxylic acids is 1. The lowest BCUT2D eigenvalue weighted by Gasteiger charge is -2.31. The number of hydrogen-bond donors (Lipinski definition) is 3. The zero-order valence-corrected chi connectivity index (χ0v) is 11.7. The molecule has 2 rings (SSSR count). The molecular weight excluding hydrogens is 282 g/mol. The van der Waals surface area contributed by atoms with Gasteiger partial charge < -0.3 is 21.5 Å². The molecule has 1 fully saturated rings. The molecule has 0 radical (unpaired) electrons. The second-order valence-electron chi connectivity index (χ2n) is 4.19. The minimum atomic E-state index is -0.419. The second-order valence-corrected chi connectivity index (χ2v) is 4.19. The average molecular weight is 300 g/mol. The van der Waals surface area contributed by atoms with Crippen molar-refractivity contribution < 1.29 is 9.90 Å². The van der Waals surface area contributed by atoms with Gasteiger partial charge in [0.05, 0.1) is 0 Å². The molecule has 7 nitrogen and oxygen atoms in total. The Hall–Kier alpha value is -2.04. The summed E-state index contributed by atoms with van der Waals surface area (Å²) in [5.74, 6) is 0.389. The van der Waals surface area contributed by atoms with Crippen molar-refractivity contribution in [1.82, 2.24) is 4.98 Å². The number of aliphatic hydroxyl groups is 1. The maximum Gasteiger partial charge on any atom is 0.283 e. The van der Waals surface area contributed by atoms with Crippen LogP contribution in [-0.4, -0.2) is 35.1 Å². The van der Waals surface area contributed by atoms with E-state index in [1.165, 1.54) is 0 Å². The third-order valence-corrected chi connectivity index (χ3v) is 2.89. The number of piperidine rings is 1. The van der Waals surface area contributed by atoms with E-state index in [2.05, 4.69) is 9.88 Å². The molecule has 0 aromatic carbocycles. The third kappa shape index (κ3) is 5.30. The van der Waals surface area contributed by atoms with E-state index in [0.29, 0.717) is 5.56 Å². The summed E-state index contributed by atoms with van der Waals surface area (Å²) in [7, 11) is 0. The molecule has 8 heteroatoms. The number of primary amides is 1. The lowest BCUT2D eigenvalue weighted by Crippen LogP contribution is -2.40. The molecule has 1 saturated heterocycles. The quantitative estimate of drug-likeness (QED) is 0.677. The van der Waals surface area contributed by atoms with Crippen molar-refractivity contribution in [2.45, 2.75) is 18.9 Å². The van der Waals surface area contributed by atoms with Crippen LogP contribution in [0.5, 0.6) is 0 Å². The van der Waals surface area contributed by atoms with Crippen molar-refractivity contribution in [3.05, 3.63) is 23.9 Å². The molecule has 0 bridgehead atoms. The van der Waals surface area contributed by atoms with Crippen LogP contribution in [0, 0.1) is 11.5 Å². The van der Waals surface area contributed by atoms with Crippen LogP contribution in [0.4, 0.5) is 5.82 Å². The average Bonchev–Trinajstić information content (AvgIpc) is 2.40. The summed E-state index contributed by atoms with van der Waals surface area (Å²) < 4.78 is 0. The van der Waals surface area contributed by atoms with E-state index in [0.717, 1.165) is 38.0 Å². The first-order valence-corrected chi connectivity index (χ1v) is 5.88. The van der Waals surface area contributed by atoms with Crippen LogP contribution in [0.2, 0.25) is 0 Å². The number of aliphatic hydroxyl groups excluding tert-OH is 1. The standard InChI is InChI=1S/C11H16N4O.CHNO.ClH/c12-9-2-5-15(6-3-9)10-7-8(11(13)16)1-4-14-10;2-1-3;/h1,4,7,9H,2-3,5-6,12H2,(H2,13,16);3H;1H. The molecule has 0 saturated carbocycles. The minimum absolute atomic E-state index is 0. The fourth-order valence-corrected chi connectivity index (χ4v) is 1.87. The Balaban J connectivity index is 0.000000830. The number of halogens is 1. The molecule has 1 aliphatic rings. The molecule has 1 aromatic rings. The number of hydrogen-bond acceptors (Lipinski definition) is 6. The van der Waals surface area contributed by atoms with Gasteiger partial charge in [0.2, 0.25) is 5.91 Å². The SMILES string of the molecule is Cl.N#CO.NC(=O)c1ccnc(N2CCC(N)CC2)c1. The molecule has 0 aliphatic carbocycles. The Labute approximate surface area is 123 Å². The first-order chi connectivity index (χ1) is 9.08. The molecule has 20 heavy (non-hydrogen) atoms. The lowest BCUT2D eigenvalue weighted by atomic mass is 10.1. The molecule has 0 atom stereocenters. The Bertz CT molecular complexity index is 469. The largest absolute Gasteiger partial charge is 0.443 e. The summed E-state index contributed by atoms with van der Waals surface area (Å²) in [5.41, 5.74) is 11.6. The lowest BCUT2D eigenvalue weighted by molar-refractivity contribution is 0.1000. The highest BCUT2D eigenvalue weighted by Gasteiger charge is 2.17. The summed E-state index contributed by atoms with van der Waals surface area (Å²) in [6.45, 7) is 1.77. The molecule has 1 amide bonds. The number of amides is 1. The zero-order chi connectivity index (χ0) is 14.3. The predicted octanol–water partition coefficient (Wildman–Crippen LogP) is 0.370. The Morgan fingerprint density at radius 3 is 2.55 bits per heavy atom. The van der Waals surface area contributed by atoms with Crippen LogP contribution < -0.4 is 16.4 Å². The summed E-state index contributed by atoms with van der Waals surface area (Å²) in [5, 5.41) is 13.8. The van der Waals surface area contributed by atoms with Gasteiger partial charge in [0, 0.05) is 30.9 Å². The van der Waals surface area contributed by atoms with Crippen molar-refractivity contribution in [1.29, 1.82) is 5.26 Å². The minimum Gasteiger partial charge on any atom is -0.443 e. The van der Waals surface area contributed by atoms with Crippen molar-refractivity contribution in [2.75, 3.05) is 18.0 Å². The second kappa shape index (κ2) is 8.96. The Morgan fingerprint density at radius 2 is 2.05 bits per heavy atom. The fraction of sp³-hybridized carbons (Fsp3) is 0.417. The smallest absolute Gasteiger partial charge is 0.283 e. The Kier molecular flexibility index (Phi) is 8.04. The van der Waals surface area contributed by atoms with Crippen LogP contribution in [0.3, 0.4) is 0 Å². The monoisotopic (exact) mass is 299 g/mol. The van der Waals surface area contributed by atoms with Crippen molar-refractivity contribution in [3.8, 4) is 6.26 Å². The molecule has 110 valence electrons. The number of carbonyl (C=O) groups is 1. The molecule has 5 N–H and O–H groups in total. The van der Waals surface area contributed by atoms with Gasteiger partial charge in [-0.3, -0.25) is 4.79 Å². The number of nitrogens with zero attached hydrogens (tertiary/aromatic N) is 3. The molecule has 1 aromatic heterocycles. The molecule has 2 heterocycles. The Morgan fingerprint density at radius 1 is 1.50 bits per heavy atom. The summed E-state index contributed by atoms with van der Waals surface area (Å²) >= 11 is 0. The van der Waals surface area contributed by atoms with E-state index >= 15 is 0 Å². The number of anilines is 1.